The molecule has 0 aliphatic carbocycles. The monoisotopic (exact) mass is 302 g/mol. The van der Waals surface area contributed by atoms with Gasteiger partial charge in [-0.1, -0.05) is 37.7 Å². The van der Waals surface area contributed by atoms with Gasteiger partial charge in [-0.15, -0.1) is 0 Å². The number of thiocarbonyl (C=S) groups is 1. The van der Waals surface area contributed by atoms with Gasteiger partial charge in [0.2, 0.25) is 5.91 Å². The van der Waals surface area contributed by atoms with Gasteiger partial charge in [-0.2, -0.15) is 8.78 Å². The summed E-state index contributed by atoms with van der Waals surface area (Å²) in [5, 5.41) is 2.52. The molecule has 0 aromatic heterocycles. The molecular weight excluding hydrogens is 286 g/mol. The van der Waals surface area contributed by atoms with Gasteiger partial charge in [0.25, 0.3) is 0 Å². The molecule has 1 rings (SSSR count). The fourth-order valence-corrected chi connectivity index (χ4v) is 1.90. The normalized spacial score (nSPS) is 12.0. The number of hydrogen-bond donors (Lipinski definition) is 2. The van der Waals surface area contributed by atoms with Crippen molar-refractivity contribution in [1.29, 1.82) is 0 Å². The van der Waals surface area contributed by atoms with E-state index in [1.807, 2.05) is 6.92 Å². The van der Waals surface area contributed by atoms with Crippen LogP contribution >= 0.6 is 12.2 Å². The molecule has 7 heteroatoms. The van der Waals surface area contributed by atoms with Gasteiger partial charge in [0.05, 0.1) is 16.6 Å². The predicted octanol–water partition coefficient (Wildman–Crippen LogP) is 2.93. The highest BCUT2D eigenvalue weighted by Gasteiger charge is 2.21. The van der Waals surface area contributed by atoms with Gasteiger partial charge < -0.3 is 15.8 Å². The van der Waals surface area contributed by atoms with Crippen LogP contribution in [0.1, 0.15) is 19.8 Å². The Hall–Kier alpha value is -1.76. The lowest BCUT2D eigenvalue weighted by Crippen LogP contribution is -2.33. The summed E-state index contributed by atoms with van der Waals surface area (Å²) in [6.45, 7) is -1.07. The summed E-state index contributed by atoms with van der Waals surface area (Å²) in [5.41, 5.74) is 5.68. The lowest BCUT2D eigenvalue weighted by atomic mass is 10.0. The third kappa shape index (κ3) is 4.73. The van der Waals surface area contributed by atoms with Crippen LogP contribution in [0.4, 0.5) is 14.5 Å². The largest absolute Gasteiger partial charge is 0.433 e. The van der Waals surface area contributed by atoms with Crippen molar-refractivity contribution in [2.45, 2.75) is 26.4 Å². The fourth-order valence-electron chi connectivity index (χ4n) is 1.68. The molecule has 0 aliphatic heterocycles. The zero-order chi connectivity index (χ0) is 15.1. The number of rotatable bonds is 7. The molecule has 110 valence electrons. The third-order valence-electron chi connectivity index (χ3n) is 2.60. The summed E-state index contributed by atoms with van der Waals surface area (Å²) in [4.78, 5) is 12.1. The lowest BCUT2D eigenvalue weighted by molar-refractivity contribution is -0.118. The number of benzene rings is 1. The standard InChI is InChI=1S/C13H16F2N2O2S/c1-2-5-8(11(16)20)12(18)17-9-6-3-4-7-10(9)19-13(14)15/h3-4,6-8,13H,2,5H2,1H3,(H2,16,20)(H,17,18). The smallest absolute Gasteiger partial charge is 0.387 e. The molecule has 0 radical (unpaired) electrons. The number of ether oxygens (including phenoxy) is 1. The Bertz CT molecular complexity index is 483. The van der Waals surface area contributed by atoms with Gasteiger partial charge in [-0.05, 0) is 18.6 Å². The van der Waals surface area contributed by atoms with Crippen LogP contribution in [0.5, 0.6) is 5.75 Å². The molecule has 1 unspecified atom stereocenters. The van der Waals surface area contributed by atoms with E-state index in [4.69, 9.17) is 18.0 Å². The molecule has 0 heterocycles. The molecule has 20 heavy (non-hydrogen) atoms. The molecule has 4 nitrogen and oxygen atoms in total. The maximum absolute atomic E-state index is 12.3. The first-order valence-corrected chi connectivity index (χ1v) is 6.50. The van der Waals surface area contributed by atoms with Crippen LogP contribution in [0.3, 0.4) is 0 Å². The van der Waals surface area contributed by atoms with E-state index < -0.39 is 18.4 Å². The zero-order valence-corrected chi connectivity index (χ0v) is 11.8. The Kier molecular flexibility index (Phi) is 6.30. The van der Waals surface area contributed by atoms with Crippen molar-refractivity contribution in [1.82, 2.24) is 0 Å². The molecule has 0 saturated heterocycles. The highest BCUT2D eigenvalue weighted by Crippen LogP contribution is 2.26. The average molecular weight is 302 g/mol. The maximum Gasteiger partial charge on any atom is 0.387 e. The van der Waals surface area contributed by atoms with Crippen LogP contribution in [0.25, 0.3) is 0 Å². The number of alkyl halides is 2. The number of hydrogen-bond acceptors (Lipinski definition) is 3. The predicted molar refractivity (Wildman–Crippen MR) is 76.9 cm³/mol. The Morgan fingerprint density at radius 2 is 2.10 bits per heavy atom. The first-order chi connectivity index (χ1) is 9.45. The van der Waals surface area contributed by atoms with Gasteiger partial charge in [0.1, 0.15) is 5.75 Å². The second kappa shape index (κ2) is 7.74. The number of nitrogens with two attached hydrogens (primary N) is 1. The first-order valence-electron chi connectivity index (χ1n) is 6.09. The molecule has 0 bridgehead atoms. The fraction of sp³-hybridized carbons (Fsp3) is 0.385. The topological polar surface area (TPSA) is 64.3 Å². The molecular formula is C13H16F2N2O2S. The van der Waals surface area contributed by atoms with Gasteiger partial charge >= 0.3 is 6.61 Å². The molecule has 0 aliphatic rings. The molecule has 1 amide bonds. The number of nitrogens with one attached hydrogen (secondary N) is 1. The van der Waals surface area contributed by atoms with Gasteiger partial charge in [0.15, 0.2) is 0 Å². The zero-order valence-electron chi connectivity index (χ0n) is 10.9. The van der Waals surface area contributed by atoms with E-state index in [1.54, 1.807) is 6.07 Å². The van der Waals surface area contributed by atoms with Crippen molar-refractivity contribution in [2.75, 3.05) is 5.32 Å². The summed E-state index contributed by atoms with van der Waals surface area (Å²) in [7, 11) is 0. The van der Waals surface area contributed by atoms with Gasteiger partial charge in [-0.3, -0.25) is 4.79 Å². The minimum Gasteiger partial charge on any atom is -0.433 e. The number of carbonyl (C=O) groups is 1. The van der Waals surface area contributed by atoms with E-state index in [9.17, 15) is 13.6 Å². The first kappa shape index (κ1) is 16.3. The minimum absolute atomic E-state index is 0.0802. The summed E-state index contributed by atoms with van der Waals surface area (Å²) in [6, 6.07) is 5.95. The molecule has 1 aromatic carbocycles. The van der Waals surface area contributed by atoms with E-state index in [1.165, 1.54) is 18.2 Å². The summed E-state index contributed by atoms with van der Waals surface area (Å²) in [6.07, 6.45) is 1.23. The Labute approximate surface area is 121 Å². The van der Waals surface area contributed by atoms with E-state index in [0.29, 0.717) is 6.42 Å². The van der Waals surface area contributed by atoms with Crippen molar-refractivity contribution in [2.24, 2.45) is 11.7 Å². The molecule has 1 atom stereocenters. The highest BCUT2D eigenvalue weighted by atomic mass is 32.1. The van der Waals surface area contributed by atoms with E-state index in [2.05, 4.69) is 10.1 Å². The quantitative estimate of drug-likeness (QED) is 0.760. The third-order valence-corrected chi connectivity index (χ3v) is 2.88. The molecule has 3 N–H and O–H groups in total. The van der Waals surface area contributed by atoms with Gasteiger partial charge in [-0.25, -0.2) is 0 Å². The summed E-state index contributed by atoms with van der Waals surface area (Å²) in [5.74, 6) is -1.16. The SMILES string of the molecule is CCCC(C(=O)Nc1ccccc1OC(F)F)C(N)=S. The Balaban J connectivity index is 2.86. The van der Waals surface area contributed by atoms with Crippen LogP contribution in [-0.2, 0) is 4.79 Å². The second-order valence-electron chi connectivity index (χ2n) is 4.11. The van der Waals surface area contributed by atoms with Crippen molar-refractivity contribution >= 4 is 28.8 Å². The summed E-state index contributed by atoms with van der Waals surface area (Å²) < 4.78 is 28.9. The lowest BCUT2D eigenvalue weighted by Gasteiger charge is -2.16. The average Bonchev–Trinajstić information content (AvgIpc) is 2.37. The summed E-state index contributed by atoms with van der Waals surface area (Å²) >= 11 is 4.84. The van der Waals surface area contributed by atoms with Crippen molar-refractivity contribution in [3.8, 4) is 5.75 Å². The molecule has 0 fully saturated rings. The van der Waals surface area contributed by atoms with Crippen LogP contribution in [0.15, 0.2) is 24.3 Å². The van der Waals surface area contributed by atoms with Crippen molar-refractivity contribution in [3.05, 3.63) is 24.3 Å². The maximum atomic E-state index is 12.3. The van der Waals surface area contributed by atoms with E-state index in [-0.39, 0.29) is 16.4 Å². The molecule has 1 aromatic rings. The molecule has 0 saturated carbocycles. The van der Waals surface area contributed by atoms with E-state index >= 15 is 0 Å². The Morgan fingerprint density at radius 1 is 1.45 bits per heavy atom. The van der Waals surface area contributed by atoms with Crippen LogP contribution in [0, 0.1) is 5.92 Å². The second-order valence-corrected chi connectivity index (χ2v) is 4.58. The van der Waals surface area contributed by atoms with E-state index in [0.717, 1.165) is 6.42 Å². The van der Waals surface area contributed by atoms with Crippen molar-refractivity contribution in [3.63, 3.8) is 0 Å². The number of amides is 1. The number of halogens is 2. The van der Waals surface area contributed by atoms with Crippen LogP contribution in [-0.4, -0.2) is 17.5 Å². The Morgan fingerprint density at radius 3 is 2.65 bits per heavy atom. The van der Waals surface area contributed by atoms with Gasteiger partial charge in [0, 0.05) is 0 Å². The highest BCUT2D eigenvalue weighted by molar-refractivity contribution is 7.80. The number of carbonyl (C=O) groups excluding carboxylic acids is 1. The number of anilines is 1. The number of para-hydroxylation sites is 2. The van der Waals surface area contributed by atoms with Crippen molar-refractivity contribution < 1.29 is 18.3 Å². The van der Waals surface area contributed by atoms with Crippen LogP contribution in [0.2, 0.25) is 0 Å². The molecule has 0 spiro atoms. The minimum atomic E-state index is -2.96. The van der Waals surface area contributed by atoms with Crippen LogP contribution < -0.4 is 15.8 Å².